The van der Waals surface area contributed by atoms with Crippen LogP contribution in [0.15, 0.2) is 17.0 Å². The second kappa shape index (κ2) is 15.8. The van der Waals surface area contributed by atoms with Crippen LogP contribution in [-0.4, -0.2) is 0 Å². The molecule has 0 bridgehead atoms. The lowest BCUT2D eigenvalue weighted by molar-refractivity contribution is 0.566. The van der Waals surface area contributed by atoms with Crippen LogP contribution >= 0.6 is 0 Å². The predicted molar refractivity (Wildman–Crippen MR) is 216 cm³/mol. The first-order valence-electron chi connectivity index (χ1n) is 17.2. The summed E-state index contributed by atoms with van der Waals surface area (Å²) in [6, 6.07) is 0. The molecular weight excluding hydrogens is 585 g/mol. The number of hydrogen-bond donors (Lipinski definition) is 2. The Balaban J connectivity index is 0.000000783. The van der Waals surface area contributed by atoms with Gasteiger partial charge in [-0.25, -0.2) is 9.69 Å². The van der Waals surface area contributed by atoms with Gasteiger partial charge in [-0.2, -0.15) is 0 Å². The molecule has 0 atom stereocenters. The third-order valence-electron chi connectivity index (χ3n) is 9.43. The fraction of sp³-hybridized carbons (Fsp3) is 0.591. The van der Waals surface area contributed by atoms with Crippen LogP contribution in [0.4, 0.5) is 11.4 Å². The highest BCUT2D eigenvalue weighted by molar-refractivity contribution is 5.80. The third kappa shape index (κ3) is 10.3. The molecule has 0 saturated heterocycles. The topological polar surface area (TPSA) is 60.8 Å². The van der Waals surface area contributed by atoms with Gasteiger partial charge in [0.15, 0.2) is 11.4 Å². The van der Waals surface area contributed by atoms with Crippen molar-refractivity contribution in [2.24, 2.45) is 0 Å². The van der Waals surface area contributed by atoms with Gasteiger partial charge in [0, 0.05) is 11.4 Å². The van der Waals surface area contributed by atoms with Crippen LogP contribution in [0, 0.1) is 47.8 Å². The van der Waals surface area contributed by atoms with Gasteiger partial charge in [0.2, 0.25) is 0 Å². The summed E-state index contributed by atoms with van der Waals surface area (Å²) in [5.41, 5.74) is 31.7. The quantitative estimate of drug-likeness (QED) is 0.237. The molecule has 2 rings (SSSR count). The maximum atomic E-state index is 7.37. The summed E-state index contributed by atoms with van der Waals surface area (Å²) in [6.07, 6.45) is 0. The number of nitrogens with two attached hydrogens (primary N) is 2. The predicted octanol–water partition coefficient (Wildman–Crippen LogP) is 13.2. The van der Waals surface area contributed by atoms with E-state index in [0.29, 0.717) is 0 Å². The highest BCUT2D eigenvalue weighted by Crippen LogP contribution is 2.45. The Morgan fingerprint density at radius 1 is 0.438 bits per heavy atom. The summed E-state index contributed by atoms with van der Waals surface area (Å²) in [5, 5.41) is 0. The van der Waals surface area contributed by atoms with Crippen LogP contribution in [-0.2, 0) is 21.7 Å². The lowest BCUT2D eigenvalue weighted by Crippen LogP contribution is -2.24. The highest BCUT2D eigenvalue weighted by atomic mass is 14.7. The smallest absolute Gasteiger partial charge is 0.166 e. The van der Waals surface area contributed by atoms with E-state index in [1.807, 2.05) is 27.7 Å². The van der Waals surface area contributed by atoms with Crippen molar-refractivity contribution in [2.75, 3.05) is 11.5 Å². The lowest BCUT2D eigenvalue weighted by Gasteiger charge is -2.34. The minimum atomic E-state index is -0.0388. The van der Waals surface area contributed by atoms with Gasteiger partial charge in [-0.05, 0) is 138 Å². The molecule has 48 heavy (non-hydrogen) atoms. The van der Waals surface area contributed by atoms with Crippen molar-refractivity contribution in [2.45, 2.75) is 174 Å². The van der Waals surface area contributed by atoms with Gasteiger partial charge >= 0.3 is 0 Å². The number of benzene rings is 2. The van der Waals surface area contributed by atoms with E-state index in [0.717, 1.165) is 33.9 Å². The Morgan fingerprint density at radius 3 is 0.875 bits per heavy atom. The number of allylic oxidation sites excluding steroid dienone is 4. The van der Waals surface area contributed by atoms with Gasteiger partial charge in [0.1, 0.15) is 0 Å². The first kappa shape index (κ1) is 44.5. The molecule has 0 heterocycles. The standard InChI is InChI=1S/C21H32N2.C17H29N.C6H9N/c1-12(15(4)23-11)16-13(2)17(20(5,6)7)19(22)18(14(16)3)21(8,9)10;1-10-11(2)13(16(4,5)6)15(18)14(12(10)3)17(7,8)9;1-5(2)6(3)7-4/h22H2,1-10H3;18H2,1-9H3;1-3H3/b15-12+;;. The maximum absolute atomic E-state index is 7.37. The van der Waals surface area contributed by atoms with Crippen molar-refractivity contribution < 1.29 is 0 Å². The average Bonchev–Trinajstić information content (AvgIpc) is 2.88. The van der Waals surface area contributed by atoms with Gasteiger partial charge in [-0.3, -0.25) is 0 Å². The summed E-state index contributed by atoms with van der Waals surface area (Å²) < 4.78 is 0. The zero-order valence-electron chi connectivity index (χ0n) is 35.0. The molecule has 0 fully saturated rings. The van der Waals surface area contributed by atoms with Crippen molar-refractivity contribution >= 4 is 16.9 Å². The van der Waals surface area contributed by atoms with E-state index in [4.69, 9.17) is 24.6 Å². The second-order valence-electron chi connectivity index (χ2n) is 17.8. The summed E-state index contributed by atoms with van der Waals surface area (Å²) in [4.78, 5) is 6.87. The van der Waals surface area contributed by atoms with Gasteiger partial charge in [-0.1, -0.05) is 103 Å². The number of hydrogen-bond acceptors (Lipinski definition) is 2. The summed E-state index contributed by atoms with van der Waals surface area (Å²) >= 11 is 0. The Kier molecular flexibility index (Phi) is 14.7. The number of rotatable bonds is 1. The van der Waals surface area contributed by atoms with Gasteiger partial charge in [-0.15, -0.1) is 0 Å². The number of nitrogens with zero attached hydrogens (tertiary/aromatic N) is 2. The normalized spacial score (nSPS) is 12.4. The van der Waals surface area contributed by atoms with Gasteiger partial charge in [0.25, 0.3) is 0 Å². The molecule has 0 saturated carbocycles. The fourth-order valence-electron chi connectivity index (χ4n) is 7.05. The molecule has 0 aliphatic carbocycles. The van der Waals surface area contributed by atoms with E-state index in [1.165, 1.54) is 55.6 Å². The van der Waals surface area contributed by atoms with Crippen LogP contribution < -0.4 is 11.5 Å². The Morgan fingerprint density at radius 2 is 0.688 bits per heavy atom. The molecule has 0 spiro atoms. The van der Waals surface area contributed by atoms with Crippen molar-refractivity contribution in [1.82, 2.24) is 0 Å². The molecule has 0 aliphatic rings. The van der Waals surface area contributed by atoms with Crippen molar-refractivity contribution in [3.63, 3.8) is 0 Å². The zero-order chi connectivity index (χ0) is 38.7. The second-order valence-corrected chi connectivity index (χ2v) is 17.8. The van der Waals surface area contributed by atoms with Crippen LogP contribution in [0.3, 0.4) is 0 Å². The monoisotopic (exact) mass is 655 g/mol. The maximum Gasteiger partial charge on any atom is 0.166 e. The first-order valence-corrected chi connectivity index (χ1v) is 17.2. The molecule has 4 nitrogen and oxygen atoms in total. The molecule has 4 N–H and O–H groups in total. The molecule has 0 aliphatic heterocycles. The third-order valence-corrected chi connectivity index (χ3v) is 9.43. The fourth-order valence-corrected chi connectivity index (χ4v) is 7.05. The molecule has 0 amide bonds. The van der Waals surface area contributed by atoms with E-state index < -0.39 is 0 Å². The summed E-state index contributed by atoms with van der Waals surface area (Å²) in [6.45, 7) is 61.1. The van der Waals surface area contributed by atoms with Gasteiger partial charge < -0.3 is 11.5 Å². The summed E-state index contributed by atoms with van der Waals surface area (Å²) in [5.74, 6) is 0. The molecule has 2 aromatic carbocycles. The van der Waals surface area contributed by atoms with Crippen LogP contribution in [0.5, 0.6) is 0 Å². The Labute approximate surface area is 297 Å². The van der Waals surface area contributed by atoms with Crippen molar-refractivity contribution in [3.05, 3.63) is 95.4 Å². The molecule has 0 aromatic heterocycles. The van der Waals surface area contributed by atoms with Crippen LogP contribution in [0.1, 0.15) is 173 Å². The highest BCUT2D eigenvalue weighted by Gasteiger charge is 2.31. The van der Waals surface area contributed by atoms with E-state index >= 15 is 0 Å². The minimum absolute atomic E-state index is 0.0388. The van der Waals surface area contributed by atoms with E-state index in [9.17, 15) is 0 Å². The number of nitrogen functional groups attached to an aromatic ring is 2. The molecule has 0 radical (unpaired) electrons. The molecule has 4 heteroatoms. The van der Waals surface area contributed by atoms with Crippen LogP contribution in [0.25, 0.3) is 15.3 Å². The summed E-state index contributed by atoms with van der Waals surface area (Å²) in [7, 11) is 0. The van der Waals surface area contributed by atoms with Gasteiger partial charge in [0.05, 0.1) is 13.1 Å². The lowest BCUT2D eigenvalue weighted by atomic mass is 9.72. The largest absolute Gasteiger partial charge is 0.398 e. The molecule has 0 unspecified atom stereocenters. The van der Waals surface area contributed by atoms with E-state index in [1.54, 1.807) is 0 Å². The molecule has 266 valence electrons. The van der Waals surface area contributed by atoms with Crippen molar-refractivity contribution in [1.29, 1.82) is 0 Å². The zero-order valence-corrected chi connectivity index (χ0v) is 35.0. The van der Waals surface area contributed by atoms with E-state index in [2.05, 4.69) is 134 Å². The van der Waals surface area contributed by atoms with Crippen molar-refractivity contribution in [3.8, 4) is 0 Å². The van der Waals surface area contributed by atoms with Crippen LogP contribution in [0.2, 0.25) is 0 Å². The SMILES string of the molecule is Cc1c(C)c(C(C)(C)C)c(N)c(C(C)(C)C)c1C.[C-]#[N+]/C(C)=C(\C)c1c(C)c(C(C)(C)C)c(N)c(C(C)(C)C)c1C.[C-]#[N+]C(C)=C(C)C. The first-order chi connectivity index (χ1) is 21.3. The van der Waals surface area contributed by atoms with E-state index in [-0.39, 0.29) is 21.7 Å². The average molecular weight is 655 g/mol. The number of anilines is 2. The molecule has 2 aromatic rings. The Hall–Kier alpha value is -3.50. The molecular formula is C44H70N4. The Bertz CT molecular complexity index is 1560. The minimum Gasteiger partial charge on any atom is -0.398 e.